The largest absolute Gasteiger partial charge is 0.478 e. The van der Waals surface area contributed by atoms with Gasteiger partial charge in [0.2, 0.25) is 5.91 Å². The van der Waals surface area contributed by atoms with Crippen LogP contribution in [-0.2, 0) is 4.79 Å². The van der Waals surface area contributed by atoms with Gasteiger partial charge in [-0.2, -0.15) is 0 Å². The van der Waals surface area contributed by atoms with Crippen LogP contribution in [0.1, 0.15) is 37.0 Å². The highest BCUT2D eigenvalue weighted by Gasteiger charge is 2.14. The molecule has 2 N–H and O–H groups in total. The number of benzene rings is 1. The average Bonchev–Trinajstić information content (AvgIpc) is 2.31. The number of rotatable bonds is 5. The van der Waals surface area contributed by atoms with E-state index in [9.17, 15) is 9.59 Å². The Hall–Kier alpha value is -1.36. The maximum Gasteiger partial charge on any atom is 0.335 e. The first-order chi connectivity index (χ1) is 8.45. The van der Waals surface area contributed by atoms with Gasteiger partial charge in [-0.05, 0) is 40.5 Å². The molecule has 0 aromatic heterocycles. The lowest BCUT2D eigenvalue weighted by Crippen LogP contribution is -2.20. The molecule has 1 aromatic carbocycles. The van der Waals surface area contributed by atoms with E-state index in [0.29, 0.717) is 10.2 Å². The number of anilines is 1. The first-order valence-electron chi connectivity index (χ1n) is 5.79. The summed E-state index contributed by atoms with van der Waals surface area (Å²) in [7, 11) is 0. The van der Waals surface area contributed by atoms with Gasteiger partial charge in [0.05, 0.1) is 11.3 Å². The summed E-state index contributed by atoms with van der Waals surface area (Å²) in [5, 5.41) is 11.6. The predicted molar refractivity (Wildman–Crippen MR) is 73.8 cm³/mol. The number of hydrogen-bond donors (Lipinski definition) is 2. The van der Waals surface area contributed by atoms with Crippen molar-refractivity contribution in [3.05, 3.63) is 28.2 Å². The first kappa shape index (κ1) is 14.7. The van der Waals surface area contributed by atoms with E-state index < -0.39 is 5.97 Å². The lowest BCUT2D eigenvalue weighted by atomic mass is 10.1. The molecule has 5 heteroatoms. The zero-order chi connectivity index (χ0) is 13.7. The fourth-order valence-corrected chi connectivity index (χ4v) is 1.92. The van der Waals surface area contributed by atoms with Crippen molar-refractivity contribution in [2.75, 3.05) is 5.32 Å². The number of carboxylic acids is 1. The summed E-state index contributed by atoms with van der Waals surface area (Å²) in [5.74, 6) is -1.20. The zero-order valence-corrected chi connectivity index (χ0v) is 12.0. The van der Waals surface area contributed by atoms with Gasteiger partial charge >= 0.3 is 5.97 Å². The Morgan fingerprint density at radius 2 is 2.11 bits per heavy atom. The first-order valence-corrected chi connectivity index (χ1v) is 6.58. The Morgan fingerprint density at radius 3 is 2.67 bits per heavy atom. The Labute approximate surface area is 115 Å². The molecule has 4 nitrogen and oxygen atoms in total. The molecular formula is C13H16BrNO3. The smallest absolute Gasteiger partial charge is 0.335 e. The number of hydrogen-bond acceptors (Lipinski definition) is 2. The molecule has 0 aliphatic carbocycles. The summed E-state index contributed by atoms with van der Waals surface area (Å²) in [4.78, 5) is 22.7. The molecule has 0 heterocycles. The number of nitrogens with one attached hydrogen (secondary N) is 1. The van der Waals surface area contributed by atoms with Gasteiger partial charge in [-0.15, -0.1) is 0 Å². The van der Waals surface area contributed by atoms with Crippen LogP contribution < -0.4 is 5.32 Å². The normalized spacial score (nSPS) is 11.9. The van der Waals surface area contributed by atoms with Crippen molar-refractivity contribution in [3.8, 4) is 0 Å². The number of carboxylic acid groups (broad SMARTS) is 1. The van der Waals surface area contributed by atoms with Gasteiger partial charge in [-0.25, -0.2) is 4.79 Å². The minimum atomic E-state index is -1.01. The Kier molecular flexibility index (Phi) is 5.34. The molecule has 98 valence electrons. The molecule has 18 heavy (non-hydrogen) atoms. The van der Waals surface area contributed by atoms with Crippen molar-refractivity contribution in [3.63, 3.8) is 0 Å². The zero-order valence-electron chi connectivity index (χ0n) is 10.4. The number of halogens is 1. The second-order valence-corrected chi connectivity index (χ2v) is 5.03. The highest BCUT2D eigenvalue weighted by Crippen LogP contribution is 2.24. The maximum atomic E-state index is 11.9. The molecule has 0 fully saturated rings. The summed E-state index contributed by atoms with van der Waals surface area (Å²) in [5.41, 5.74) is 0.638. The third-order valence-corrected chi connectivity index (χ3v) is 3.33. The Morgan fingerprint density at radius 1 is 1.44 bits per heavy atom. The number of carbonyl (C=O) groups is 2. The SMILES string of the molecule is CCCC(C)C(=O)Nc1cc(C(=O)O)ccc1Br. The number of amides is 1. The van der Waals surface area contributed by atoms with Gasteiger partial charge in [0.1, 0.15) is 0 Å². The molecule has 0 saturated heterocycles. The molecule has 0 radical (unpaired) electrons. The van der Waals surface area contributed by atoms with E-state index in [0.717, 1.165) is 12.8 Å². The third kappa shape index (κ3) is 3.84. The molecule has 0 bridgehead atoms. The lowest BCUT2D eigenvalue weighted by Gasteiger charge is -2.12. The van der Waals surface area contributed by atoms with Crippen molar-refractivity contribution < 1.29 is 14.7 Å². The van der Waals surface area contributed by atoms with E-state index in [-0.39, 0.29) is 17.4 Å². The fourth-order valence-electron chi connectivity index (χ4n) is 1.57. The Balaban J connectivity index is 2.86. The van der Waals surface area contributed by atoms with Gasteiger partial charge in [0, 0.05) is 10.4 Å². The van der Waals surface area contributed by atoms with Gasteiger partial charge in [0.15, 0.2) is 0 Å². The van der Waals surface area contributed by atoms with Gasteiger partial charge in [-0.3, -0.25) is 4.79 Å². The third-order valence-electron chi connectivity index (χ3n) is 2.64. The molecule has 1 rings (SSSR count). The summed E-state index contributed by atoms with van der Waals surface area (Å²) in [6.07, 6.45) is 1.74. The molecule has 0 saturated carbocycles. The van der Waals surface area contributed by atoms with Crippen LogP contribution in [-0.4, -0.2) is 17.0 Å². The highest BCUT2D eigenvalue weighted by atomic mass is 79.9. The monoisotopic (exact) mass is 313 g/mol. The molecule has 0 aliphatic rings. The van der Waals surface area contributed by atoms with Crippen LogP contribution in [0.15, 0.2) is 22.7 Å². The second-order valence-electron chi connectivity index (χ2n) is 4.18. The minimum Gasteiger partial charge on any atom is -0.478 e. The molecule has 0 aliphatic heterocycles. The fraction of sp³-hybridized carbons (Fsp3) is 0.385. The predicted octanol–water partition coefficient (Wildman–Crippen LogP) is 3.52. The summed E-state index contributed by atoms with van der Waals surface area (Å²) >= 11 is 3.29. The molecule has 0 spiro atoms. The van der Waals surface area contributed by atoms with Crippen LogP contribution in [0.3, 0.4) is 0 Å². The standard InChI is InChI=1S/C13H16BrNO3/c1-3-4-8(2)12(16)15-11-7-9(13(17)18)5-6-10(11)14/h5-8H,3-4H2,1-2H3,(H,15,16)(H,17,18). The van der Waals surface area contributed by atoms with E-state index in [1.54, 1.807) is 6.07 Å². The number of carbonyl (C=O) groups excluding carboxylic acids is 1. The van der Waals surface area contributed by atoms with Gasteiger partial charge < -0.3 is 10.4 Å². The summed E-state index contributed by atoms with van der Waals surface area (Å²) in [6, 6.07) is 4.55. The van der Waals surface area contributed by atoms with Crippen LogP contribution in [0.5, 0.6) is 0 Å². The molecular weight excluding hydrogens is 298 g/mol. The minimum absolute atomic E-state index is 0.0876. The van der Waals surface area contributed by atoms with E-state index in [2.05, 4.69) is 21.2 Å². The van der Waals surface area contributed by atoms with Crippen LogP contribution in [0, 0.1) is 5.92 Å². The quantitative estimate of drug-likeness (QED) is 0.874. The Bertz CT molecular complexity index is 460. The number of aromatic carboxylic acids is 1. The lowest BCUT2D eigenvalue weighted by molar-refractivity contribution is -0.119. The summed E-state index contributed by atoms with van der Waals surface area (Å²) in [6.45, 7) is 3.87. The van der Waals surface area contributed by atoms with Crippen LogP contribution in [0.4, 0.5) is 5.69 Å². The highest BCUT2D eigenvalue weighted by molar-refractivity contribution is 9.10. The van der Waals surface area contributed by atoms with E-state index in [1.807, 2.05) is 13.8 Å². The van der Waals surface area contributed by atoms with Crippen molar-refractivity contribution in [1.29, 1.82) is 0 Å². The average molecular weight is 314 g/mol. The van der Waals surface area contributed by atoms with Gasteiger partial charge in [-0.1, -0.05) is 20.3 Å². The molecule has 1 aromatic rings. The van der Waals surface area contributed by atoms with Gasteiger partial charge in [0.25, 0.3) is 0 Å². The van der Waals surface area contributed by atoms with Crippen molar-refractivity contribution in [2.24, 2.45) is 5.92 Å². The van der Waals surface area contributed by atoms with Crippen LogP contribution in [0.25, 0.3) is 0 Å². The second kappa shape index (κ2) is 6.54. The molecule has 1 amide bonds. The summed E-state index contributed by atoms with van der Waals surface area (Å²) < 4.78 is 0.671. The van der Waals surface area contributed by atoms with Crippen LogP contribution >= 0.6 is 15.9 Å². The molecule has 1 atom stereocenters. The maximum absolute atomic E-state index is 11.9. The van der Waals surface area contributed by atoms with E-state index >= 15 is 0 Å². The van der Waals surface area contributed by atoms with Crippen molar-refractivity contribution in [2.45, 2.75) is 26.7 Å². The van der Waals surface area contributed by atoms with E-state index in [1.165, 1.54) is 12.1 Å². The van der Waals surface area contributed by atoms with E-state index in [4.69, 9.17) is 5.11 Å². The van der Waals surface area contributed by atoms with Crippen LogP contribution in [0.2, 0.25) is 0 Å². The van der Waals surface area contributed by atoms with Crippen molar-refractivity contribution >= 4 is 33.5 Å². The topological polar surface area (TPSA) is 66.4 Å². The van der Waals surface area contributed by atoms with Crippen molar-refractivity contribution in [1.82, 2.24) is 0 Å². The molecule has 1 unspecified atom stereocenters.